The summed E-state index contributed by atoms with van der Waals surface area (Å²) >= 11 is 0. The number of nitrogens with one attached hydrogen (secondary N) is 2. The third-order valence-electron chi connectivity index (χ3n) is 3.17. The molecule has 8 heteroatoms. The lowest BCUT2D eigenvalue weighted by Gasteiger charge is -2.24. The lowest BCUT2D eigenvalue weighted by Crippen LogP contribution is -2.45. The highest BCUT2D eigenvalue weighted by Crippen LogP contribution is 2.08. The van der Waals surface area contributed by atoms with Crippen LogP contribution in [0.25, 0.3) is 0 Å². The number of nitrogens with two attached hydrogens (primary N) is 1. The molecule has 0 saturated carbocycles. The Morgan fingerprint density at radius 3 is 2.32 bits per heavy atom. The number of benzene rings is 1. The van der Waals surface area contributed by atoms with E-state index in [1.807, 2.05) is 13.8 Å². The van der Waals surface area contributed by atoms with Crippen LogP contribution >= 0.6 is 0 Å². The quantitative estimate of drug-likeness (QED) is 0.518. The molecule has 0 spiro atoms. The molecule has 124 valence electrons. The minimum atomic E-state index is -3.65. The van der Waals surface area contributed by atoms with Gasteiger partial charge in [0, 0.05) is 27.2 Å². The van der Waals surface area contributed by atoms with E-state index in [1.54, 1.807) is 26.3 Å². The molecule has 0 aromatic heterocycles. The third-order valence-corrected chi connectivity index (χ3v) is 4.10. The average Bonchev–Trinajstić information content (AvgIpc) is 2.47. The summed E-state index contributed by atoms with van der Waals surface area (Å²) in [6.45, 7) is 5.06. The minimum Gasteiger partial charge on any atom is -0.377 e. The van der Waals surface area contributed by atoms with Crippen molar-refractivity contribution in [2.24, 2.45) is 10.1 Å². The highest BCUT2D eigenvalue weighted by Gasteiger charge is 2.16. The molecule has 0 amide bonds. The van der Waals surface area contributed by atoms with Gasteiger partial charge in [0.15, 0.2) is 5.96 Å². The van der Waals surface area contributed by atoms with Crippen LogP contribution in [0.5, 0.6) is 0 Å². The first-order valence-electron chi connectivity index (χ1n) is 6.79. The van der Waals surface area contributed by atoms with Gasteiger partial charge >= 0.3 is 0 Å². The molecule has 0 unspecified atom stereocenters. The molecular formula is C14H24N4O3S. The predicted octanol–water partition coefficient (Wildman–Crippen LogP) is 0.424. The van der Waals surface area contributed by atoms with Crippen LogP contribution in [0.15, 0.2) is 34.2 Å². The van der Waals surface area contributed by atoms with Crippen LogP contribution in [0.4, 0.5) is 0 Å². The van der Waals surface area contributed by atoms with E-state index in [0.717, 1.165) is 5.56 Å². The lowest BCUT2D eigenvalue weighted by atomic mass is 10.1. The number of nitrogens with zero attached hydrogens (tertiary/aromatic N) is 1. The molecule has 0 heterocycles. The molecule has 1 rings (SSSR count). The van der Waals surface area contributed by atoms with Crippen molar-refractivity contribution in [1.29, 1.82) is 0 Å². The molecule has 7 nitrogen and oxygen atoms in total. The molecule has 0 bridgehead atoms. The molecule has 22 heavy (non-hydrogen) atoms. The first-order valence-corrected chi connectivity index (χ1v) is 8.34. The van der Waals surface area contributed by atoms with Crippen LogP contribution < -0.4 is 15.8 Å². The maximum absolute atomic E-state index is 11.2. The van der Waals surface area contributed by atoms with E-state index in [0.29, 0.717) is 19.0 Å². The summed E-state index contributed by atoms with van der Waals surface area (Å²) in [4.78, 5) is 4.22. The molecule has 4 N–H and O–H groups in total. The summed E-state index contributed by atoms with van der Waals surface area (Å²) in [6, 6.07) is 6.38. The molecule has 0 saturated heterocycles. The maximum atomic E-state index is 11.2. The van der Waals surface area contributed by atoms with Crippen molar-refractivity contribution in [2.75, 3.05) is 20.7 Å². The van der Waals surface area contributed by atoms with Gasteiger partial charge in [-0.2, -0.15) is 0 Å². The number of sulfonamides is 1. The van der Waals surface area contributed by atoms with E-state index in [2.05, 4.69) is 15.6 Å². The summed E-state index contributed by atoms with van der Waals surface area (Å²) < 4.78 is 27.7. The molecule has 1 aromatic carbocycles. The number of hydrogen-bond acceptors (Lipinski definition) is 4. The molecule has 0 aliphatic carbocycles. The largest absolute Gasteiger partial charge is 0.377 e. The van der Waals surface area contributed by atoms with Crippen molar-refractivity contribution in [3.8, 4) is 0 Å². The lowest BCUT2D eigenvalue weighted by molar-refractivity contribution is 0.0268. The molecule has 0 fully saturated rings. The first kappa shape index (κ1) is 18.4. The molecule has 0 aliphatic heterocycles. The normalized spacial score (nSPS) is 13.0. The molecule has 0 atom stereocenters. The fraction of sp³-hybridized carbons (Fsp3) is 0.500. The standard InChI is InChI=1S/C14H24N4O3S/c1-14(2,21-4)10-18-13(16-3)17-9-11-5-7-12(8-6-11)22(15,19)20/h5-8H,9-10H2,1-4H3,(H2,15,19,20)(H2,16,17,18). The Morgan fingerprint density at radius 2 is 1.86 bits per heavy atom. The number of aliphatic imine (C=N–C) groups is 1. The fourth-order valence-electron chi connectivity index (χ4n) is 1.57. The number of hydrogen-bond donors (Lipinski definition) is 3. The zero-order valence-electron chi connectivity index (χ0n) is 13.4. The Kier molecular flexibility index (Phi) is 6.34. The topological polar surface area (TPSA) is 106 Å². The van der Waals surface area contributed by atoms with Crippen LogP contribution in [0.3, 0.4) is 0 Å². The maximum Gasteiger partial charge on any atom is 0.238 e. The summed E-state index contributed by atoms with van der Waals surface area (Å²) in [5.74, 6) is 0.639. The van der Waals surface area contributed by atoms with Gasteiger partial charge < -0.3 is 15.4 Å². The third kappa shape index (κ3) is 6.00. The van der Waals surface area contributed by atoms with Crippen LogP contribution in [0.1, 0.15) is 19.4 Å². The summed E-state index contributed by atoms with van der Waals surface area (Å²) in [5, 5.41) is 11.4. The van der Waals surface area contributed by atoms with Crippen molar-refractivity contribution >= 4 is 16.0 Å². The number of primary sulfonamides is 1. The van der Waals surface area contributed by atoms with Gasteiger partial charge in [-0.1, -0.05) is 12.1 Å². The van der Waals surface area contributed by atoms with Crippen molar-refractivity contribution in [3.63, 3.8) is 0 Å². The second kappa shape index (κ2) is 7.57. The van der Waals surface area contributed by atoms with Gasteiger partial charge in [-0.25, -0.2) is 13.6 Å². The molecule has 0 radical (unpaired) electrons. The van der Waals surface area contributed by atoms with Crippen molar-refractivity contribution in [1.82, 2.24) is 10.6 Å². The van der Waals surface area contributed by atoms with E-state index >= 15 is 0 Å². The van der Waals surface area contributed by atoms with Gasteiger partial charge in [-0.05, 0) is 31.5 Å². The minimum absolute atomic E-state index is 0.0978. The summed E-state index contributed by atoms with van der Waals surface area (Å²) in [5.41, 5.74) is 0.621. The van der Waals surface area contributed by atoms with Gasteiger partial charge in [0.25, 0.3) is 0 Å². The van der Waals surface area contributed by atoms with E-state index < -0.39 is 10.0 Å². The Bertz CT molecular complexity index is 609. The van der Waals surface area contributed by atoms with Gasteiger partial charge in [-0.3, -0.25) is 4.99 Å². The smallest absolute Gasteiger partial charge is 0.238 e. The second-order valence-corrected chi connectivity index (χ2v) is 6.99. The Balaban J connectivity index is 2.57. The number of methoxy groups -OCH3 is 1. The summed E-state index contributed by atoms with van der Waals surface area (Å²) in [6.07, 6.45) is 0. The zero-order valence-corrected chi connectivity index (χ0v) is 14.2. The van der Waals surface area contributed by atoms with Crippen LogP contribution in [0, 0.1) is 0 Å². The van der Waals surface area contributed by atoms with Crippen molar-refractivity contribution in [3.05, 3.63) is 29.8 Å². The second-order valence-electron chi connectivity index (χ2n) is 5.43. The molecule has 0 aliphatic rings. The zero-order chi connectivity index (χ0) is 16.8. The van der Waals surface area contributed by atoms with Gasteiger partial charge in [0.05, 0.1) is 10.5 Å². The van der Waals surface area contributed by atoms with Crippen molar-refractivity contribution in [2.45, 2.75) is 30.9 Å². The number of guanidine groups is 1. The SMILES string of the molecule is CN=C(NCc1ccc(S(N)(=O)=O)cc1)NCC(C)(C)OC. The van der Waals surface area contributed by atoms with E-state index in [4.69, 9.17) is 9.88 Å². The van der Waals surface area contributed by atoms with Crippen LogP contribution in [-0.4, -0.2) is 40.7 Å². The first-order chi connectivity index (χ1) is 10.2. The molecule has 1 aromatic rings. The van der Waals surface area contributed by atoms with Crippen LogP contribution in [-0.2, 0) is 21.3 Å². The Morgan fingerprint density at radius 1 is 1.27 bits per heavy atom. The van der Waals surface area contributed by atoms with Crippen LogP contribution in [0.2, 0.25) is 0 Å². The molecular weight excluding hydrogens is 304 g/mol. The van der Waals surface area contributed by atoms with E-state index in [9.17, 15) is 8.42 Å². The van der Waals surface area contributed by atoms with E-state index in [1.165, 1.54) is 12.1 Å². The van der Waals surface area contributed by atoms with Gasteiger partial charge in [-0.15, -0.1) is 0 Å². The summed E-state index contributed by atoms with van der Waals surface area (Å²) in [7, 11) is -0.316. The number of ether oxygens (including phenoxy) is 1. The van der Waals surface area contributed by atoms with Gasteiger partial charge in [0.2, 0.25) is 10.0 Å². The predicted molar refractivity (Wildman–Crippen MR) is 87.1 cm³/mol. The van der Waals surface area contributed by atoms with E-state index in [-0.39, 0.29) is 10.5 Å². The Hall–Kier alpha value is -1.64. The average molecular weight is 328 g/mol. The Labute approximate surface area is 132 Å². The monoisotopic (exact) mass is 328 g/mol. The van der Waals surface area contributed by atoms with Gasteiger partial charge in [0.1, 0.15) is 0 Å². The van der Waals surface area contributed by atoms with Crippen molar-refractivity contribution < 1.29 is 13.2 Å². The fourth-order valence-corrected chi connectivity index (χ4v) is 2.09. The highest BCUT2D eigenvalue weighted by molar-refractivity contribution is 7.89. The highest BCUT2D eigenvalue weighted by atomic mass is 32.2. The number of rotatable bonds is 6.